The molecule has 6 nitrogen and oxygen atoms in total. The van der Waals surface area contributed by atoms with Gasteiger partial charge in [0, 0.05) is 12.6 Å². The topological polar surface area (TPSA) is 69.1 Å². The average molecular weight is 521 g/mol. The Morgan fingerprint density at radius 2 is 1.86 bits per heavy atom. The van der Waals surface area contributed by atoms with Crippen LogP contribution >= 0.6 is 24.0 Å². The lowest BCUT2D eigenvalue weighted by atomic mass is 10.2. The number of benzene rings is 1. The lowest BCUT2D eigenvalue weighted by Crippen LogP contribution is -2.43. The summed E-state index contributed by atoms with van der Waals surface area (Å²) in [5.41, 5.74) is 1.10. The van der Waals surface area contributed by atoms with Crippen molar-refractivity contribution < 1.29 is 9.84 Å². The Kier molecular flexibility index (Phi) is 17.4. The van der Waals surface area contributed by atoms with E-state index >= 15 is 0 Å². The molecule has 7 heteroatoms. The number of nitrogens with one attached hydrogen (secondary N) is 2. The SMILES string of the molecule is CCNC(=NCC(O)COCc1ccccc1)NC(C)CCCN(CC)CC.I. The molecule has 0 bridgehead atoms. The highest BCUT2D eigenvalue weighted by Gasteiger charge is 2.08. The smallest absolute Gasteiger partial charge is 0.191 e. The first-order valence-corrected chi connectivity index (χ1v) is 10.7. The summed E-state index contributed by atoms with van der Waals surface area (Å²) < 4.78 is 5.59. The van der Waals surface area contributed by atoms with E-state index < -0.39 is 6.10 Å². The minimum absolute atomic E-state index is 0. The highest BCUT2D eigenvalue weighted by Crippen LogP contribution is 2.02. The molecule has 2 unspecified atom stereocenters. The number of ether oxygens (including phenoxy) is 1. The fraction of sp³-hybridized carbons (Fsp3) is 0.682. The van der Waals surface area contributed by atoms with E-state index in [1.807, 2.05) is 37.3 Å². The van der Waals surface area contributed by atoms with Crippen molar-refractivity contribution in [2.45, 2.75) is 59.3 Å². The van der Waals surface area contributed by atoms with Gasteiger partial charge in [0.05, 0.1) is 25.9 Å². The van der Waals surface area contributed by atoms with Gasteiger partial charge >= 0.3 is 0 Å². The Bertz CT molecular complexity index is 527. The van der Waals surface area contributed by atoms with Crippen LogP contribution < -0.4 is 10.6 Å². The van der Waals surface area contributed by atoms with Crippen molar-refractivity contribution in [1.29, 1.82) is 0 Å². The third-order valence-electron chi connectivity index (χ3n) is 4.62. The van der Waals surface area contributed by atoms with E-state index in [9.17, 15) is 5.11 Å². The Morgan fingerprint density at radius 1 is 1.17 bits per heavy atom. The summed E-state index contributed by atoms with van der Waals surface area (Å²) in [5.74, 6) is 0.750. The van der Waals surface area contributed by atoms with Crippen LogP contribution in [0.15, 0.2) is 35.3 Å². The van der Waals surface area contributed by atoms with Crippen LogP contribution in [0.3, 0.4) is 0 Å². The Balaban J connectivity index is 0.00000784. The van der Waals surface area contributed by atoms with Gasteiger partial charge in [-0.15, -0.1) is 24.0 Å². The second-order valence-corrected chi connectivity index (χ2v) is 7.09. The summed E-state index contributed by atoms with van der Waals surface area (Å²) in [6.45, 7) is 13.8. The number of rotatable bonds is 14. The summed E-state index contributed by atoms with van der Waals surface area (Å²) in [7, 11) is 0. The quantitative estimate of drug-likeness (QED) is 0.200. The molecule has 0 radical (unpaired) electrons. The molecule has 0 spiro atoms. The van der Waals surface area contributed by atoms with E-state index in [0.717, 1.165) is 50.5 Å². The first kappa shape index (κ1) is 28.1. The largest absolute Gasteiger partial charge is 0.389 e. The Hall–Kier alpha value is -0.900. The second-order valence-electron chi connectivity index (χ2n) is 7.09. The number of nitrogens with zero attached hydrogens (tertiary/aromatic N) is 2. The number of aliphatic hydroxyl groups is 1. The number of hydrogen-bond acceptors (Lipinski definition) is 4. The molecule has 29 heavy (non-hydrogen) atoms. The lowest BCUT2D eigenvalue weighted by Gasteiger charge is -2.21. The van der Waals surface area contributed by atoms with Crippen LogP contribution in [0.2, 0.25) is 0 Å². The van der Waals surface area contributed by atoms with Gasteiger partial charge in [-0.3, -0.25) is 4.99 Å². The Labute approximate surface area is 194 Å². The van der Waals surface area contributed by atoms with Crippen LogP contribution in [-0.2, 0) is 11.3 Å². The molecule has 0 fully saturated rings. The summed E-state index contributed by atoms with van der Waals surface area (Å²) in [4.78, 5) is 6.95. The monoisotopic (exact) mass is 520 g/mol. The first-order valence-electron chi connectivity index (χ1n) is 10.7. The van der Waals surface area contributed by atoms with Crippen LogP contribution in [-0.4, -0.2) is 67.4 Å². The second kappa shape index (κ2) is 17.9. The lowest BCUT2D eigenvalue weighted by molar-refractivity contribution is 0.0331. The number of hydrogen-bond donors (Lipinski definition) is 3. The van der Waals surface area contributed by atoms with E-state index in [2.05, 4.69) is 41.3 Å². The summed E-state index contributed by atoms with van der Waals surface area (Å²) in [6.07, 6.45) is 1.63. The molecule has 0 saturated carbocycles. The zero-order valence-electron chi connectivity index (χ0n) is 18.6. The molecular formula is C22H41IN4O2. The third kappa shape index (κ3) is 13.9. The fourth-order valence-corrected chi connectivity index (χ4v) is 2.92. The van der Waals surface area contributed by atoms with E-state index in [-0.39, 0.29) is 30.6 Å². The van der Waals surface area contributed by atoms with Crippen LogP contribution in [0, 0.1) is 0 Å². The van der Waals surface area contributed by atoms with Crippen LogP contribution in [0.1, 0.15) is 46.1 Å². The van der Waals surface area contributed by atoms with Gasteiger partial charge < -0.3 is 25.4 Å². The average Bonchev–Trinajstić information content (AvgIpc) is 2.70. The summed E-state index contributed by atoms with van der Waals surface area (Å²) in [6, 6.07) is 10.3. The highest BCUT2D eigenvalue weighted by molar-refractivity contribution is 14.0. The van der Waals surface area contributed by atoms with Gasteiger partial charge in [0.25, 0.3) is 0 Å². The van der Waals surface area contributed by atoms with Crippen molar-refractivity contribution in [3.63, 3.8) is 0 Å². The van der Waals surface area contributed by atoms with Gasteiger partial charge in [-0.1, -0.05) is 44.2 Å². The van der Waals surface area contributed by atoms with E-state index in [1.165, 1.54) is 0 Å². The molecule has 1 rings (SSSR count). The number of halogens is 1. The van der Waals surface area contributed by atoms with Crippen molar-refractivity contribution in [3.8, 4) is 0 Å². The van der Waals surface area contributed by atoms with Gasteiger partial charge in [0.1, 0.15) is 0 Å². The molecule has 0 aliphatic carbocycles. The number of aliphatic hydroxyl groups excluding tert-OH is 1. The Morgan fingerprint density at radius 3 is 2.48 bits per heavy atom. The minimum atomic E-state index is -0.614. The van der Waals surface area contributed by atoms with Gasteiger partial charge in [-0.2, -0.15) is 0 Å². The molecule has 0 heterocycles. The summed E-state index contributed by atoms with van der Waals surface area (Å²) in [5, 5.41) is 16.8. The highest BCUT2D eigenvalue weighted by atomic mass is 127. The van der Waals surface area contributed by atoms with E-state index in [4.69, 9.17) is 4.74 Å². The maximum Gasteiger partial charge on any atom is 0.191 e. The van der Waals surface area contributed by atoms with Crippen molar-refractivity contribution in [2.75, 3.05) is 39.3 Å². The molecule has 1 aromatic rings. The first-order chi connectivity index (χ1) is 13.6. The van der Waals surface area contributed by atoms with Gasteiger partial charge in [-0.05, 0) is 51.9 Å². The van der Waals surface area contributed by atoms with Gasteiger partial charge in [-0.25, -0.2) is 0 Å². The molecule has 0 aromatic heterocycles. The van der Waals surface area contributed by atoms with Crippen LogP contribution in [0.25, 0.3) is 0 Å². The van der Waals surface area contributed by atoms with Gasteiger partial charge in [0.15, 0.2) is 5.96 Å². The molecule has 3 N–H and O–H groups in total. The minimum Gasteiger partial charge on any atom is -0.389 e. The predicted octanol–water partition coefficient (Wildman–Crippen LogP) is 3.25. The van der Waals surface area contributed by atoms with Crippen molar-refractivity contribution in [1.82, 2.24) is 15.5 Å². The van der Waals surface area contributed by atoms with Crippen molar-refractivity contribution in [2.24, 2.45) is 4.99 Å². The number of aliphatic imine (C=N–C) groups is 1. The van der Waals surface area contributed by atoms with Crippen LogP contribution in [0.5, 0.6) is 0 Å². The summed E-state index contributed by atoms with van der Waals surface area (Å²) >= 11 is 0. The van der Waals surface area contributed by atoms with Crippen LogP contribution in [0.4, 0.5) is 0 Å². The zero-order valence-corrected chi connectivity index (χ0v) is 20.9. The third-order valence-corrected chi connectivity index (χ3v) is 4.62. The standard InChI is InChI=1S/C22H40N4O2.HI/c1-5-23-22(25-19(4)12-11-15-26(6-2)7-3)24-16-21(27)18-28-17-20-13-9-8-10-14-20;/h8-10,13-14,19,21,27H,5-7,11-12,15-18H2,1-4H3,(H2,23,24,25);1H. The maximum absolute atomic E-state index is 10.1. The normalized spacial score (nSPS) is 13.7. The molecular weight excluding hydrogens is 479 g/mol. The molecule has 0 aliphatic rings. The van der Waals surface area contributed by atoms with Gasteiger partial charge in [0.2, 0.25) is 0 Å². The maximum atomic E-state index is 10.1. The van der Waals surface area contributed by atoms with E-state index in [1.54, 1.807) is 0 Å². The van der Waals surface area contributed by atoms with E-state index in [0.29, 0.717) is 19.2 Å². The molecule has 2 atom stereocenters. The zero-order chi connectivity index (χ0) is 20.6. The van der Waals surface area contributed by atoms with Crippen molar-refractivity contribution in [3.05, 3.63) is 35.9 Å². The molecule has 0 aliphatic heterocycles. The molecule has 0 amide bonds. The number of guanidine groups is 1. The molecule has 1 aromatic carbocycles. The predicted molar refractivity (Wildman–Crippen MR) is 133 cm³/mol. The fourth-order valence-electron chi connectivity index (χ4n) is 2.92. The van der Waals surface area contributed by atoms with Crippen molar-refractivity contribution >= 4 is 29.9 Å². The molecule has 0 saturated heterocycles. The molecule has 168 valence electrons.